The summed E-state index contributed by atoms with van der Waals surface area (Å²) in [5.74, 6) is -0.899. The number of carbonyl (C=O) groups is 1. The number of fused-ring (bicyclic) bond motifs is 1. The molecule has 0 saturated heterocycles. The molecule has 0 saturated carbocycles. The van der Waals surface area contributed by atoms with E-state index in [0.717, 1.165) is 22.3 Å². The first kappa shape index (κ1) is 11.0. The fraction of sp³-hybridized carbons (Fsp3) is 0.0769. The molecule has 2 N–H and O–H groups in total. The molecule has 0 aliphatic heterocycles. The number of carboxylic acid groups (broad SMARTS) is 1. The molecule has 90 valence electrons. The number of H-pyrrole nitrogens is 1. The van der Waals surface area contributed by atoms with E-state index < -0.39 is 5.97 Å². The monoisotopic (exact) mass is 258 g/mol. The second kappa shape index (κ2) is 4.27. The molecule has 5 heteroatoms. The fourth-order valence-electron chi connectivity index (χ4n) is 1.90. The second-order valence-electron chi connectivity index (χ2n) is 4.00. The molecule has 0 radical (unpaired) electrons. The van der Waals surface area contributed by atoms with Crippen molar-refractivity contribution < 1.29 is 9.90 Å². The van der Waals surface area contributed by atoms with Crippen LogP contribution in [0.1, 0.15) is 20.9 Å². The molecular weight excluding hydrogens is 248 g/mol. The number of nitrogens with one attached hydrogen (secondary N) is 1. The Labute approximate surface area is 107 Å². The van der Waals surface area contributed by atoms with Gasteiger partial charge in [0.1, 0.15) is 9.71 Å². The lowest BCUT2D eigenvalue weighted by Gasteiger charge is -1.97. The molecule has 1 aromatic carbocycles. The van der Waals surface area contributed by atoms with Crippen LogP contribution in [0, 0.1) is 0 Å². The lowest BCUT2D eigenvalue weighted by Crippen LogP contribution is -1.91. The van der Waals surface area contributed by atoms with Gasteiger partial charge >= 0.3 is 5.97 Å². The molecule has 0 amide bonds. The van der Waals surface area contributed by atoms with E-state index in [1.807, 2.05) is 30.3 Å². The van der Waals surface area contributed by atoms with Crippen LogP contribution in [0.4, 0.5) is 0 Å². The third kappa shape index (κ3) is 1.89. The Balaban J connectivity index is 1.99. The van der Waals surface area contributed by atoms with Crippen LogP contribution < -0.4 is 0 Å². The summed E-state index contributed by atoms with van der Waals surface area (Å²) in [5, 5.41) is 17.0. The van der Waals surface area contributed by atoms with Gasteiger partial charge in [0.25, 0.3) is 0 Å². The molecule has 18 heavy (non-hydrogen) atoms. The van der Waals surface area contributed by atoms with Gasteiger partial charge in [-0.1, -0.05) is 30.3 Å². The minimum atomic E-state index is -0.899. The molecule has 0 atom stereocenters. The van der Waals surface area contributed by atoms with E-state index in [-0.39, 0.29) is 0 Å². The first-order chi connectivity index (χ1) is 8.74. The molecule has 0 bridgehead atoms. The van der Waals surface area contributed by atoms with Gasteiger partial charge in [-0.2, -0.15) is 5.10 Å². The van der Waals surface area contributed by atoms with E-state index in [1.165, 1.54) is 16.9 Å². The maximum atomic E-state index is 10.9. The number of hydrogen-bond acceptors (Lipinski definition) is 3. The number of rotatable bonds is 3. The summed E-state index contributed by atoms with van der Waals surface area (Å²) < 4.78 is 0. The first-order valence-electron chi connectivity index (χ1n) is 5.48. The number of benzene rings is 1. The van der Waals surface area contributed by atoms with Gasteiger partial charge in [-0.05, 0) is 11.6 Å². The third-order valence-corrected chi connectivity index (χ3v) is 3.78. The molecular formula is C13H10N2O2S. The maximum Gasteiger partial charge on any atom is 0.345 e. The summed E-state index contributed by atoms with van der Waals surface area (Å²) in [5.41, 5.74) is 2.13. The number of aromatic nitrogens is 2. The van der Waals surface area contributed by atoms with Crippen LogP contribution in [0.25, 0.3) is 10.2 Å². The van der Waals surface area contributed by atoms with Crippen LogP contribution in [0.3, 0.4) is 0 Å². The lowest BCUT2D eigenvalue weighted by molar-refractivity contribution is 0.0702. The first-order valence-corrected chi connectivity index (χ1v) is 6.29. The van der Waals surface area contributed by atoms with E-state index >= 15 is 0 Å². The van der Waals surface area contributed by atoms with Gasteiger partial charge < -0.3 is 5.11 Å². The van der Waals surface area contributed by atoms with Gasteiger partial charge in [0.05, 0.1) is 0 Å². The molecule has 2 heterocycles. The number of nitrogens with zero attached hydrogens (tertiary/aromatic N) is 1. The van der Waals surface area contributed by atoms with E-state index in [2.05, 4.69) is 10.2 Å². The molecule has 0 fully saturated rings. The Kier molecular flexibility index (Phi) is 2.60. The minimum absolute atomic E-state index is 0.329. The average Bonchev–Trinajstić information content (AvgIpc) is 2.93. The molecule has 4 nitrogen and oxygen atoms in total. The smallest absolute Gasteiger partial charge is 0.345 e. The van der Waals surface area contributed by atoms with Crippen molar-refractivity contribution in [2.45, 2.75) is 6.42 Å². The highest BCUT2D eigenvalue weighted by molar-refractivity contribution is 7.20. The second-order valence-corrected chi connectivity index (χ2v) is 5.03. The molecule has 3 rings (SSSR count). The summed E-state index contributed by atoms with van der Waals surface area (Å²) in [4.78, 5) is 12.0. The van der Waals surface area contributed by atoms with Crippen molar-refractivity contribution >= 4 is 27.5 Å². The van der Waals surface area contributed by atoms with Gasteiger partial charge in [0.15, 0.2) is 0 Å². The largest absolute Gasteiger partial charge is 0.477 e. The van der Waals surface area contributed by atoms with Crippen molar-refractivity contribution in [3.8, 4) is 0 Å². The normalized spacial score (nSPS) is 10.9. The lowest BCUT2D eigenvalue weighted by atomic mass is 10.1. The molecule has 0 aliphatic carbocycles. The number of aromatic carboxylic acids is 1. The number of thiophene rings is 1. The predicted octanol–water partition coefficient (Wildman–Crippen LogP) is 2.91. The highest BCUT2D eigenvalue weighted by atomic mass is 32.1. The SMILES string of the molecule is O=C(O)c1cc2c(Cc3ccccc3)[nH]nc2s1. The van der Waals surface area contributed by atoms with Crippen molar-refractivity contribution in [3.63, 3.8) is 0 Å². The molecule has 0 unspecified atom stereocenters. The fourth-order valence-corrected chi connectivity index (χ4v) is 2.76. The summed E-state index contributed by atoms with van der Waals surface area (Å²) in [6.45, 7) is 0. The zero-order valence-corrected chi connectivity index (χ0v) is 10.2. The van der Waals surface area contributed by atoms with Gasteiger partial charge in [-0.15, -0.1) is 11.3 Å². The molecule has 2 aromatic heterocycles. The van der Waals surface area contributed by atoms with Gasteiger partial charge in [0.2, 0.25) is 0 Å². The Bertz CT molecular complexity index is 700. The van der Waals surface area contributed by atoms with Crippen LogP contribution in [0.5, 0.6) is 0 Å². The van der Waals surface area contributed by atoms with Crippen molar-refractivity contribution in [2.24, 2.45) is 0 Å². The van der Waals surface area contributed by atoms with Crippen molar-refractivity contribution in [1.29, 1.82) is 0 Å². The van der Waals surface area contributed by atoms with Crippen molar-refractivity contribution in [1.82, 2.24) is 10.2 Å². The van der Waals surface area contributed by atoms with Crippen LogP contribution in [-0.4, -0.2) is 21.3 Å². The highest BCUT2D eigenvalue weighted by Gasteiger charge is 2.14. The van der Waals surface area contributed by atoms with Crippen molar-refractivity contribution in [3.05, 3.63) is 52.5 Å². The zero-order valence-electron chi connectivity index (χ0n) is 9.38. The predicted molar refractivity (Wildman–Crippen MR) is 70.2 cm³/mol. The van der Waals surface area contributed by atoms with E-state index in [0.29, 0.717) is 4.88 Å². The van der Waals surface area contributed by atoms with Gasteiger partial charge in [-0.25, -0.2) is 4.79 Å². The number of aromatic amines is 1. The van der Waals surface area contributed by atoms with Crippen LogP contribution >= 0.6 is 11.3 Å². The quantitative estimate of drug-likeness (QED) is 0.759. The highest BCUT2D eigenvalue weighted by Crippen LogP contribution is 2.27. The summed E-state index contributed by atoms with van der Waals surface area (Å²) in [7, 11) is 0. The van der Waals surface area contributed by atoms with E-state index in [4.69, 9.17) is 5.11 Å². The Hall–Kier alpha value is -2.14. The number of hydrogen-bond donors (Lipinski definition) is 2. The Morgan fingerprint density at radius 1 is 1.33 bits per heavy atom. The van der Waals surface area contributed by atoms with Crippen LogP contribution in [0.2, 0.25) is 0 Å². The van der Waals surface area contributed by atoms with E-state index in [9.17, 15) is 4.79 Å². The van der Waals surface area contributed by atoms with Crippen LogP contribution in [-0.2, 0) is 6.42 Å². The summed E-state index contributed by atoms with van der Waals surface area (Å²) in [6, 6.07) is 11.7. The topological polar surface area (TPSA) is 66.0 Å². The van der Waals surface area contributed by atoms with Crippen molar-refractivity contribution in [2.75, 3.05) is 0 Å². The Morgan fingerprint density at radius 2 is 2.11 bits per heavy atom. The molecule has 0 aliphatic rings. The zero-order chi connectivity index (χ0) is 12.5. The standard InChI is InChI=1S/C13H10N2O2S/c16-13(17)11-7-9-10(14-15-12(9)18-11)6-8-4-2-1-3-5-8/h1-5,7H,6H2,(H,14,15)(H,16,17). The van der Waals surface area contributed by atoms with Gasteiger partial charge in [-0.3, -0.25) is 5.10 Å². The third-order valence-electron chi connectivity index (χ3n) is 2.76. The Morgan fingerprint density at radius 3 is 2.83 bits per heavy atom. The molecule has 0 spiro atoms. The minimum Gasteiger partial charge on any atom is -0.477 e. The average molecular weight is 258 g/mol. The maximum absolute atomic E-state index is 10.9. The van der Waals surface area contributed by atoms with E-state index in [1.54, 1.807) is 6.07 Å². The van der Waals surface area contributed by atoms with Gasteiger partial charge in [0, 0.05) is 17.5 Å². The number of carboxylic acids is 1. The van der Waals surface area contributed by atoms with Crippen LogP contribution in [0.15, 0.2) is 36.4 Å². The summed E-state index contributed by atoms with van der Waals surface area (Å²) in [6.07, 6.45) is 0.729. The summed E-state index contributed by atoms with van der Waals surface area (Å²) >= 11 is 1.19. The molecule has 3 aromatic rings.